The molecule has 2 amide bonds. The van der Waals surface area contributed by atoms with Crippen molar-refractivity contribution >= 4 is 52.5 Å². The summed E-state index contributed by atoms with van der Waals surface area (Å²) in [6, 6.07) is 4.65. The molecule has 0 bridgehead atoms. The topological polar surface area (TPSA) is 107 Å². The average molecular weight is 422 g/mol. The maximum absolute atomic E-state index is 12.8. The molecule has 0 saturated carbocycles. The quantitative estimate of drug-likeness (QED) is 0.705. The predicted molar refractivity (Wildman–Crippen MR) is 107 cm³/mol. The van der Waals surface area contributed by atoms with Crippen LogP contribution in [0, 0.1) is 0 Å². The summed E-state index contributed by atoms with van der Waals surface area (Å²) in [4.78, 5) is 46.8. The fourth-order valence-electron chi connectivity index (χ4n) is 3.47. The Labute approximate surface area is 170 Å². The first-order valence-electron chi connectivity index (χ1n) is 8.87. The summed E-state index contributed by atoms with van der Waals surface area (Å²) in [5.74, 6) is -1.27. The molecule has 8 nitrogen and oxygen atoms in total. The highest BCUT2D eigenvalue weighted by molar-refractivity contribution is 6.42. The van der Waals surface area contributed by atoms with Crippen LogP contribution in [0.25, 0.3) is 0 Å². The molecular formula is C18H17Cl2N5O3. The fourth-order valence-corrected chi connectivity index (χ4v) is 3.76. The molecule has 1 saturated heterocycles. The Morgan fingerprint density at radius 2 is 1.93 bits per heavy atom. The zero-order chi connectivity index (χ0) is 19.8. The van der Waals surface area contributed by atoms with E-state index >= 15 is 0 Å². The Morgan fingerprint density at radius 3 is 2.64 bits per heavy atom. The Balaban J connectivity index is 1.65. The van der Waals surface area contributed by atoms with Gasteiger partial charge < -0.3 is 15.5 Å². The van der Waals surface area contributed by atoms with Crippen LogP contribution in [0.3, 0.4) is 0 Å². The van der Waals surface area contributed by atoms with Gasteiger partial charge in [0.05, 0.1) is 21.5 Å². The number of halogens is 2. The highest BCUT2D eigenvalue weighted by Crippen LogP contribution is 2.31. The maximum Gasteiger partial charge on any atom is 0.258 e. The number of aromatic amines is 1. The van der Waals surface area contributed by atoms with Crippen molar-refractivity contribution < 1.29 is 9.59 Å². The van der Waals surface area contributed by atoms with Crippen LogP contribution in [-0.2, 0) is 9.59 Å². The van der Waals surface area contributed by atoms with Gasteiger partial charge >= 0.3 is 0 Å². The van der Waals surface area contributed by atoms with Gasteiger partial charge in [-0.15, -0.1) is 0 Å². The lowest BCUT2D eigenvalue weighted by Gasteiger charge is -2.25. The largest absolute Gasteiger partial charge is 0.342 e. The molecule has 28 heavy (non-hydrogen) atoms. The lowest BCUT2D eigenvalue weighted by atomic mass is 9.92. The van der Waals surface area contributed by atoms with Gasteiger partial charge in [0.2, 0.25) is 17.8 Å². The third-order valence-electron chi connectivity index (χ3n) is 4.85. The van der Waals surface area contributed by atoms with E-state index in [9.17, 15) is 14.4 Å². The summed E-state index contributed by atoms with van der Waals surface area (Å²) in [5.41, 5.74) is 0.145. The van der Waals surface area contributed by atoms with Crippen LogP contribution in [0.4, 0.5) is 17.5 Å². The molecule has 2 aromatic rings. The van der Waals surface area contributed by atoms with Crippen molar-refractivity contribution in [3.63, 3.8) is 0 Å². The van der Waals surface area contributed by atoms with Crippen LogP contribution < -0.4 is 21.1 Å². The van der Waals surface area contributed by atoms with Crippen molar-refractivity contribution in [2.24, 2.45) is 0 Å². The van der Waals surface area contributed by atoms with Crippen molar-refractivity contribution in [2.45, 2.75) is 25.2 Å². The van der Waals surface area contributed by atoms with E-state index in [1.54, 1.807) is 12.1 Å². The second-order valence-corrected chi connectivity index (χ2v) is 7.58. The summed E-state index contributed by atoms with van der Waals surface area (Å²) in [6.07, 6.45) is 1.89. The summed E-state index contributed by atoms with van der Waals surface area (Å²) in [6.45, 7) is 1.58. The van der Waals surface area contributed by atoms with Gasteiger partial charge in [-0.1, -0.05) is 23.2 Å². The van der Waals surface area contributed by atoms with Gasteiger partial charge in [-0.05, 0) is 31.0 Å². The maximum atomic E-state index is 12.8. The zero-order valence-electron chi connectivity index (χ0n) is 14.7. The second kappa shape index (κ2) is 7.44. The zero-order valence-corrected chi connectivity index (χ0v) is 16.2. The molecule has 146 valence electrons. The molecule has 2 aliphatic heterocycles. The number of hydrogen-bond acceptors (Lipinski definition) is 5. The van der Waals surface area contributed by atoms with Gasteiger partial charge in [-0.25, -0.2) is 0 Å². The molecule has 2 aliphatic rings. The smallest absolute Gasteiger partial charge is 0.258 e. The Hall–Kier alpha value is -2.58. The van der Waals surface area contributed by atoms with Crippen LogP contribution in [0.2, 0.25) is 10.0 Å². The first-order chi connectivity index (χ1) is 13.4. The number of carbonyl (C=O) groups is 2. The van der Waals surface area contributed by atoms with Gasteiger partial charge in [0, 0.05) is 25.2 Å². The van der Waals surface area contributed by atoms with E-state index in [4.69, 9.17) is 23.2 Å². The number of benzene rings is 1. The van der Waals surface area contributed by atoms with Crippen LogP contribution >= 0.6 is 23.2 Å². The summed E-state index contributed by atoms with van der Waals surface area (Å²) in [5, 5.41) is 5.95. The molecule has 0 spiro atoms. The van der Waals surface area contributed by atoms with E-state index in [-0.39, 0.29) is 28.7 Å². The first-order valence-corrected chi connectivity index (χ1v) is 9.63. The lowest BCUT2D eigenvalue weighted by Crippen LogP contribution is -2.37. The standard InChI is InChI=1S/C18H17Cl2N5O3/c19-11-4-3-9(7-12(11)20)21-16(27)10-8-13(26)22-15-14(10)17(28)24-18(23-15)25-5-1-2-6-25/h3-4,7,10H,1-2,5-6,8H2,(H,21,27)(H2,22,23,24,26,28). The first kappa shape index (κ1) is 18.8. The number of aromatic nitrogens is 2. The van der Waals surface area contributed by atoms with E-state index in [0.717, 1.165) is 25.9 Å². The van der Waals surface area contributed by atoms with Crippen LogP contribution in [0.1, 0.15) is 30.7 Å². The summed E-state index contributed by atoms with van der Waals surface area (Å²) < 4.78 is 0. The van der Waals surface area contributed by atoms with E-state index < -0.39 is 17.4 Å². The molecule has 0 aliphatic carbocycles. The Morgan fingerprint density at radius 1 is 1.18 bits per heavy atom. The number of H-pyrrole nitrogens is 1. The van der Waals surface area contributed by atoms with Crippen molar-refractivity contribution in [1.29, 1.82) is 0 Å². The number of anilines is 3. The van der Waals surface area contributed by atoms with Gasteiger partial charge in [-0.3, -0.25) is 19.4 Å². The van der Waals surface area contributed by atoms with E-state index in [0.29, 0.717) is 16.7 Å². The Bertz CT molecular complexity index is 1020. The van der Waals surface area contributed by atoms with Gasteiger partial charge in [0.1, 0.15) is 5.82 Å². The number of amides is 2. The number of rotatable bonds is 3. The van der Waals surface area contributed by atoms with Crippen LogP contribution in [0.5, 0.6) is 0 Å². The minimum absolute atomic E-state index is 0.135. The van der Waals surface area contributed by atoms with Gasteiger partial charge in [0.15, 0.2) is 0 Å². The molecule has 3 N–H and O–H groups in total. The number of hydrogen-bond donors (Lipinski definition) is 3. The molecule has 4 rings (SSSR count). The van der Waals surface area contributed by atoms with Crippen LogP contribution in [0.15, 0.2) is 23.0 Å². The van der Waals surface area contributed by atoms with Crippen molar-refractivity contribution in [1.82, 2.24) is 9.97 Å². The molecule has 1 atom stereocenters. The van der Waals surface area contributed by atoms with E-state index in [2.05, 4.69) is 20.6 Å². The molecule has 10 heteroatoms. The molecule has 1 aromatic heterocycles. The highest BCUT2D eigenvalue weighted by Gasteiger charge is 2.35. The second-order valence-electron chi connectivity index (χ2n) is 6.77. The van der Waals surface area contributed by atoms with Crippen LogP contribution in [-0.4, -0.2) is 34.9 Å². The van der Waals surface area contributed by atoms with Gasteiger partial charge in [-0.2, -0.15) is 4.98 Å². The predicted octanol–water partition coefficient (Wildman–Crippen LogP) is 2.74. The highest BCUT2D eigenvalue weighted by atomic mass is 35.5. The number of nitrogens with zero attached hydrogens (tertiary/aromatic N) is 2. The van der Waals surface area contributed by atoms with E-state index in [1.165, 1.54) is 6.07 Å². The van der Waals surface area contributed by atoms with Crippen molar-refractivity contribution in [3.8, 4) is 0 Å². The summed E-state index contributed by atoms with van der Waals surface area (Å²) in [7, 11) is 0. The van der Waals surface area contributed by atoms with Crippen molar-refractivity contribution in [2.75, 3.05) is 28.6 Å². The minimum atomic E-state index is -0.956. The normalized spacial score (nSPS) is 18.6. The molecule has 3 heterocycles. The molecule has 0 radical (unpaired) electrons. The van der Waals surface area contributed by atoms with E-state index in [1.807, 2.05) is 4.90 Å². The average Bonchev–Trinajstić information content (AvgIpc) is 3.18. The third-order valence-corrected chi connectivity index (χ3v) is 5.59. The number of fused-ring (bicyclic) bond motifs is 1. The molecule has 1 fully saturated rings. The SMILES string of the molecule is O=C1CC(C(=O)Nc2ccc(Cl)c(Cl)c2)c2c(nc(N3CCCC3)[nH]c2=O)N1. The molecule has 1 unspecified atom stereocenters. The Kier molecular flexibility index (Phi) is 4.99. The lowest BCUT2D eigenvalue weighted by molar-refractivity contribution is -0.123. The third kappa shape index (κ3) is 3.57. The van der Waals surface area contributed by atoms with Crippen molar-refractivity contribution in [3.05, 3.63) is 44.2 Å². The number of carbonyl (C=O) groups excluding carboxylic acids is 2. The fraction of sp³-hybridized carbons (Fsp3) is 0.333. The summed E-state index contributed by atoms with van der Waals surface area (Å²) >= 11 is 11.9. The molecular weight excluding hydrogens is 405 g/mol. The monoisotopic (exact) mass is 421 g/mol. The minimum Gasteiger partial charge on any atom is -0.342 e. The van der Waals surface area contributed by atoms with Gasteiger partial charge in [0.25, 0.3) is 5.56 Å². The molecule has 1 aromatic carbocycles. The number of nitrogens with one attached hydrogen (secondary N) is 3.